The van der Waals surface area contributed by atoms with E-state index in [-0.39, 0.29) is 24.6 Å². The number of morpholine rings is 1. The summed E-state index contributed by atoms with van der Waals surface area (Å²) in [4.78, 5) is 21.6. The van der Waals surface area contributed by atoms with Crippen molar-refractivity contribution in [1.29, 1.82) is 0 Å². The Hall–Kier alpha value is -3.60. The number of H-pyrrole nitrogens is 1. The molecule has 1 amide bonds. The quantitative estimate of drug-likeness (QED) is 0.431. The molecule has 0 bridgehead atoms. The van der Waals surface area contributed by atoms with E-state index in [2.05, 4.69) is 25.5 Å². The normalized spacial score (nSPS) is 19.4. The molecule has 3 aromatic rings. The van der Waals surface area contributed by atoms with Crippen molar-refractivity contribution in [2.45, 2.75) is 19.1 Å². The summed E-state index contributed by atoms with van der Waals surface area (Å²) in [7, 11) is 0. The molecule has 0 saturated carbocycles. The van der Waals surface area contributed by atoms with Crippen LogP contribution in [0.5, 0.6) is 0 Å². The number of nitrogens with one attached hydrogen (secondary N) is 2. The topological polar surface area (TPSA) is 168 Å². The van der Waals surface area contributed by atoms with Gasteiger partial charge in [-0.15, -0.1) is 0 Å². The second kappa shape index (κ2) is 7.43. The van der Waals surface area contributed by atoms with Gasteiger partial charge in [0, 0.05) is 30.1 Å². The Kier molecular flexibility index (Phi) is 4.80. The third-order valence-electron chi connectivity index (χ3n) is 4.90. The van der Waals surface area contributed by atoms with Crippen molar-refractivity contribution >= 4 is 34.6 Å². The average molecular weight is 398 g/mol. The molecule has 0 aliphatic carbocycles. The number of amides is 1. The van der Waals surface area contributed by atoms with Gasteiger partial charge >= 0.3 is 6.09 Å². The van der Waals surface area contributed by atoms with Crippen LogP contribution in [-0.4, -0.2) is 63.2 Å². The molecule has 0 spiro atoms. The number of benzene rings is 1. The van der Waals surface area contributed by atoms with Gasteiger partial charge in [-0.05, 0) is 19.1 Å². The van der Waals surface area contributed by atoms with Gasteiger partial charge in [0.2, 0.25) is 5.95 Å². The number of fused-ring (bicyclic) bond motifs is 1. The molecule has 29 heavy (non-hydrogen) atoms. The highest BCUT2D eigenvalue weighted by Gasteiger charge is 2.28. The van der Waals surface area contributed by atoms with Crippen LogP contribution in [0.2, 0.25) is 0 Å². The van der Waals surface area contributed by atoms with Gasteiger partial charge in [0.15, 0.2) is 5.82 Å². The van der Waals surface area contributed by atoms with Gasteiger partial charge in [0.05, 0.1) is 30.0 Å². The van der Waals surface area contributed by atoms with Crippen LogP contribution < -0.4 is 21.7 Å². The Morgan fingerprint density at radius 3 is 3.00 bits per heavy atom. The molecule has 4 rings (SSSR count). The van der Waals surface area contributed by atoms with Crippen molar-refractivity contribution in [3.05, 3.63) is 24.3 Å². The Labute approximate surface area is 166 Å². The first-order valence-electron chi connectivity index (χ1n) is 9.14. The fraction of sp³-hybridized carbons (Fsp3) is 0.333. The van der Waals surface area contributed by atoms with Crippen molar-refractivity contribution in [3.63, 3.8) is 0 Å². The van der Waals surface area contributed by atoms with E-state index in [0.717, 1.165) is 16.5 Å². The van der Waals surface area contributed by atoms with Crippen LogP contribution in [0.4, 0.5) is 22.4 Å². The Morgan fingerprint density at radius 2 is 2.21 bits per heavy atom. The predicted molar refractivity (Wildman–Crippen MR) is 109 cm³/mol. The lowest BCUT2D eigenvalue weighted by Gasteiger charge is -2.38. The number of carbonyl (C=O) groups is 1. The summed E-state index contributed by atoms with van der Waals surface area (Å²) in [5.41, 5.74) is 14.1. The summed E-state index contributed by atoms with van der Waals surface area (Å²) in [6, 6.07) is 7.61. The number of ether oxygens (including phenoxy) is 1. The number of hydrogen-bond acceptors (Lipinski definition) is 8. The van der Waals surface area contributed by atoms with E-state index in [1.807, 2.05) is 36.1 Å². The highest BCUT2D eigenvalue weighted by Crippen LogP contribution is 2.28. The van der Waals surface area contributed by atoms with E-state index < -0.39 is 6.09 Å². The number of rotatable bonds is 4. The standard InChI is InChI=1S/C18H22N8O3/c1-9-8-29-11(6-21-18(27)28)7-26(9)15-5-13(22-17(20)23-15)10-2-3-12-14(4-10)24-25-16(12)19/h2-5,9,11,21H,6-8H2,1H3,(H,27,28)(H3,19,24,25)(H2,20,22,23)/t9-,11-/m1/s1. The molecule has 152 valence electrons. The zero-order valence-electron chi connectivity index (χ0n) is 15.8. The summed E-state index contributed by atoms with van der Waals surface area (Å²) in [5.74, 6) is 1.26. The maximum absolute atomic E-state index is 10.8. The first kappa shape index (κ1) is 18.7. The molecule has 1 fully saturated rings. The van der Waals surface area contributed by atoms with Crippen LogP contribution >= 0.6 is 0 Å². The number of nitrogens with zero attached hydrogens (tertiary/aromatic N) is 4. The largest absolute Gasteiger partial charge is 0.465 e. The van der Waals surface area contributed by atoms with Gasteiger partial charge in [-0.3, -0.25) is 5.10 Å². The molecule has 7 N–H and O–H groups in total. The fourth-order valence-corrected chi connectivity index (χ4v) is 3.41. The average Bonchev–Trinajstić information content (AvgIpc) is 3.07. The number of hydrogen-bond donors (Lipinski definition) is 5. The molecular formula is C18H22N8O3. The molecule has 2 atom stereocenters. The minimum absolute atomic E-state index is 0.0492. The van der Waals surface area contributed by atoms with E-state index in [1.165, 1.54) is 0 Å². The number of nitrogens with two attached hydrogens (primary N) is 2. The molecule has 2 aromatic heterocycles. The Balaban J connectivity index is 1.63. The zero-order valence-corrected chi connectivity index (χ0v) is 15.8. The van der Waals surface area contributed by atoms with Crippen LogP contribution in [0.1, 0.15) is 6.92 Å². The van der Waals surface area contributed by atoms with Gasteiger partial charge in [-0.2, -0.15) is 10.1 Å². The molecule has 1 saturated heterocycles. The Bertz CT molecular complexity index is 1050. The highest BCUT2D eigenvalue weighted by molar-refractivity contribution is 5.91. The molecule has 0 radical (unpaired) electrons. The third-order valence-corrected chi connectivity index (χ3v) is 4.90. The predicted octanol–water partition coefficient (Wildman–Crippen LogP) is 1.05. The minimum atomic E-state index is -1.08. The highest BCUT2D eigenvalue weighted by atomic mass is 16.5. The first-order chi connectivity index (χ1) is 13.9. The second-order valence-corrected chi connectivity index (χ2v) is 6.98. The molecular weight excluding hydrogens is 376 g/mol. The summed E-state index contributed by atoms with van der Waals surface area (Å²) in [6.07, 6.45) is -1.37. The maximum atomic E-state index is 10.8. The smallest absolute Gasteiger partial charge is 0.404 e. The van der Waals surface area contributed by atoms with Crippen LogP contribution in [0.25, 0.3) is 22.2 Å². The number of aromatic amines is 1. The summed E-state index contributed by atoms with van der Waals surface area (Å²) >= 11 is 0. The van der Waals surface area contributed by atoms with E-state index in [4.69, 9.17) is 21.3 Å². The minimum Gasteiger partial charge on any atom is -0.465 e. The molecule has 1 aromatic carbocycles. The van der Waals surface area contributed by atoms with Crippen LogP contribution in [0.3, 0.4) is 0 Å². The lowest BCUT2D eigenvalue weighted by atomic mass is 10.1. The number of aromatic nitrogens is 4. The second-order valence-electron chi connectivity index (χ2n) is 6.98. The maximum Gasteiger partial charge on any atom is 0.404 e. The van der Waals surface area contributed by atoms with Gasteiger partial charge in [-0.25, -0.2) is 9.78 Å². The summed E-state index contributed by atoms with van der Waals surface area (Å²) < 4.78 is 5.72. The van der Waals surface area contributed by atoms with E-state index in [1.54, 1.807) is 0 Å². The van der Waals surface area contributed by atoms with Gasteiger partial charge < -0.3 is 31.5 Å². The SMILES string of the molecule is C[C@@H]1CO[C@H](CNC(=O)O)CN1c1cc(-c2ccc3c(N)n[nH]c3c2)nc(N)n1. The molecule has 1 aliphatic heterocycles. The summed E-state index contributed by atoms with van der Waals surface area (Å²) in [6.45, 7) is 3.14. The van der Waals surface area contributed by atoms with Gasteiger partial charge in [0.1, 0.15) is 5.82 Å². The van der Waals surface area contributed by atoms with Crippen LogP contribution in [0.15, 0.2) is 24.3 Å². The van der Waals surface area contributed by atoms with Gasteiger partial charge in [-0.1, -0.05) is 6.07 Å². The fourth-order valence-electron chi connectivity index (χ4n) is 3.41. The summed E-state index contributed by atoms with van der Waals surface area (Å²) in [5, 5.41) is 18.9. The molecule has 11 heteroatoms. The number of carboxylic acid groups (broad SMARTS) is 1. The van der Waals surface area contributed by atoms with Crippen molar-refractivity contribution in [2.24, 2.45) is 0 Å². The molecule has 0 unspecified atom stereocenters. The monoisotopic (exact) mass is 398 g/mol. The van der Waals surface area contributed by atoms with Crippen molar-refractivity contribution in [1.82, 2.24) is 25.5 Å². The van der Waals surface area contributed by atoms with Crippen LogP contribution in [-0.2, 0) is 4.74 Å². The number of anilines is 3. The third kappa shape index (κ3) is 3.85. The van der Waals surface area contributed by atoms with Crippen LogP contribution in [0, 0.1) is 0 Å². The van der Waals surface area contributed by atoms with Crippen molar-refractivity contribution in [2.75, 3.05) is 36.1 Å². The van der Waals surface area contributed by atoms with Crippen molar-refractivity contribution < 1.29 is 14.6 Å². The lowest BCUT2D eigenvalue weighted by Crippen LogP contribution is -2.52. The van der Waals surface area contributed by atoms with E-state index in [0.29, 0.717) is 30.5 Å². The molecule has 3 heterocycles. The zero-order chi connectivity index (χ0) is 20.5. The van der Waals surface area contributed by atoms with Gasteiger partial charge in [0.25, 0.3) is 0 Å². The number of nitrogen functional groups attached to an aromatic ring is 2. The first-order valence-corrected chi connectivity index (χ1v) is 9.14. The molecule has 1 aliphatic rings. The Morgan fingerprint density at radius 1 is 1.38 bits per heavy atom. The molecule has 11 nitrogen and oxygen atoms in total. The van der Waals surface area contributed by atoms with E-state index in [9.17, 15) is 4.79 Å². The van der Waals surface area contributed by atoms with E-state index >= 15 is 0 Å². The lowest BCUT2D eigenvalue weighted by molar-refractivity contribution is 0.0233. The van der Waals surface area contributed by atoms with Crippen molar-refractivity contribution in [3.8, 4) is 11.3 Å².